The second kappa shape index (κ2) is 26.5. The van der Waals surface area contributed by atoms with Crippen LogP contribution in [0.2, 0.25) is 0 Å². The van der Waals surface area contributed by atoms with Gasteiger partial charge in [0.25, 0.3) is 5.91 Å². The number of rotatable bonds is 14. The first-order valence-electron chi connectivity index (χ1n) is 26.4. The summed E-state index contributed by atoms with van der Waals surface area (Å²) in [5.41, 5.74) is 11.1. The van der Waals surface area contributed by atoms with Crippen LogP contribution in [0.5, 0.6) is 5.75 Å². The number of carbonyl (C=O) groups is 7. The molecule has 10 atom stereocenters. The predicted molar refractivity (Wildman–Crippen MR) is 284 cm³/mol. The van der Waals surface area contributed by atoms with Gasteiger partial charge in [0.2, 0.25) is 35.4 Å². The summed E-state index contributed by atoms with van der Waals surface area (Å²) in [5.74, 6) is -4.57. The second-order valence-corrected chi connectivity index (χ2v) is 20.1. The Labute approximate surface area is 443 Å². The average molecular weight is 1050 g/mol. The molecule has 19 nitrogen and oxygen atoms in total. The fourth-order valence-corrected chi connectivity index (χ4v) is 9.90. The number of aliphatic hydroxyl groups excluding tert-OH is 3. The second-order valence-electron chi connectivity index (χ2n) is 20.1. The summed E-state index contributed by atoms with van der Waals surface area (Å²) >= 11 is 0. The molecule has 0 bridgehead atoms. The highest BCUT2D eigenvalue weighted by atomic mass is 16.5. The van der Waals surface area contributed by atoms with Crippen molar-refractivity contribution in [3.8, 4) is 28.0 Å². The molecule has 4 aromatic rings. The van der Waals surface area contributed by atoms with Gasteiger partial charge in [-0.15, -0.1) is 0 Å². The maximum absolute atomic E-state index is 14.4. The fraction of sp³-hybridized carbons (Fsp3) is 0.456. The van der Waals surface area contributed by atoms with Gasteiger partial charge in [-0.05, 0) is 104 Å². The molecule has 19 heteroatoms. The van der Waals surface area contributed by atoms with Gasteiger partial charge >= 0.3 is 0 Å². The molecule has 0 unspecified atom stereocenters. The number of fused-ring (bicyclic) bond motifs is 2. The Hall–Kier alpha value is -7.19. The van der Waals surface area contributed by atoms with Crippen molar-refractivity contribution >= 4 is 41.4 Å². The van der Waals surface area contributed by atoms with E-state index in [4.69, 9.17) is 10.5 Å². The summed E-state index contributed by atoms with van der Waals surface area (Å²) in [6, 6.07) is 22.9. The Morgan fingerprint density at radius 3 is 1.84 bits per heavy atom. The van der Waals surface area contributed by atoms with Crippen molar-refractivity contribution in [2.24, 2.45) is 5.73 Å². The molecular formula is C57H72N8O11. The van der Waals surface area contributed by atoms with E-state index >= 15 is 0 Å². The summed E-state index contributed by atoms with van der Waals surface area (Å²) in [4.78, 5) is 101. The number of hydrogen-bond donors (Lipinski definition) is 9. The first kappa shape index (κ1) is 56.5. The van der Waals surface area contributed by atoms with Crippen LogP contribution in [0.1, 0.15) is 88.1 Å². The van der Waals surface area contributed by atoms with Gasteiger partial charge in [0.05, 0.1) is 24.9 Å². The normalized spacial score (nSPS) is 24.9. The van der Waals surface area contributed by atoms with E-state index in [0.717, 1.165) is 57.7 Å². The third kappa shape index (κ3) is 14.6. The van der Waals surface area contributed by atoms with Crippen molar-refractivity contribution in [2.75, 3.05) is 26.2 Å². The topological polar surface area (TPSA) is 282 Å². The van der Waals surface area contributed by atoms with Crippen molar-refractivity contribution in [1.82, 2.24) is 36.4 Å². The van der Waals surface area contributed by atoms with Gasteiger partial charge in [-0.25, -0.2) is 0 Å². The number of amides is 7. The zero-order valence-corrected chi connectivity index (χ0v) is 43.4. The van der Waals surface area contributed by atoms with Gasteiger partial charge in [-0.3, -0.25) is 33.6 Å². The summed E-state index contributed by atoms with van der Waals surface area (Å²) in [7, 11) is 0. The molecule has 0 aromatic heterocycles. The molecule has 3 saturated heterocycles. The summed E-state index contributed by atoms with van der Waals surface area (Å²) in [6.07, 6.45) is -0.767. The van der Waals surface area contributed by atoms with Gasteiger partial charge in [0.15, 0.2) is 0 Å². The molecule has 3 aliphatic rings. The largest absolute Gasteiger partial charge is 0.494 e. The van der Waals surface area contributed by atoms with Crippen LogP contribution in [-0.4, -0.2) is 153 Å². The average Bonchev–Trinajstić information content (AvgIpc) is 4.02. The Morgan fingerprint density at radius 1 is 0.697 bits per heavy atom. The van der Waals surface area contributed by atoms with Crippen molar-refractivity contribution in [1.29, 1.82) is 0 Å². The molecule has 3 fully saturated rings. The molecule has 3 heterocycles. The standard InChI is InChI=1S/C57H72N8O11/c1-4-5-9-29-76-44-25-23-40(24-26-44)38-17-15-37(16-18-38)39-19-21-41(22-20-39)51(69)60-45-13-10-28-59-54(72)47-30-42(58)32-64(47)56(74)49(34(2)66)63-53(71)46(27-14-36-11-7-6-8-12-36)61-55(73)48-31-43(68)33-65(48)57(75)50(35(3)67)62-52(45)70/h6-8,11-12,15-26,34-35,42-43,45-50,66-68H,4-5,9-10,13-14,27-33,58H2,1-3H3,(H,59,72)(H,60,69)(H,61,73)(H,62,70)(H,63,71)/t34-,35-,42+,43-,45+,46+,47+,48+,49+,50+/m1/s1. The first-order chi connectivity index (χ1) is 36.5. The quantitative estimate of drug-likeness (QED) is 0.0824. The van der Waals surface area contributed by atoms with Gasteiger partial charge in [-0.2, -0.15) is 0 Å². The molecular weight excluding hydrogens is 973 g/mol. The van der Waals surface area contributed by atoms with Crippen molar-refractivity contribution in [3.63, 3.8) is 0 Å². The predicted octanol–water partition coefficient (Wildman–Crippen LogP) is 2.34. The molecule has 10 N–H and O–H groups in total. The minimum Gasteiger partial charge on any atom is -0.494 e. The lowest BCUT2D eigenvalue weighted by Crippen LogP contribution is -2.61. The van der Waals surface area contributed by atoms with Crippen molar-refractivity contribution < 1.29 is 53.6 Å². The van der Waals surface area contributed by atoms with E-state index in [9.17, 15) is 48.9 Å². The van der Waals surface area contributed by atoms with Crippen LogP contribution in [0.4, 0.5) is 0 Å². The van der Waals surface area contributed by atoms with Gasteiger partial charge in [0.1, 0.15) is 42.0 Å². The molecule has 76 heavy (non-hydrogen) atoms. The smallest absolute Gasteiger partial charge is 0.251 e. The summed E-state index contributed by atoms with van der Waals surface area (Å²) in [6.45, 7) is 4.97. The van der Waals surface area contributed by atoms with E-state index in [2.05, 4.69) is 33.5 Å². The number of benzene rings is 4. The molecule has 0 radical (unpaired) electrons. The van der Waals surface area contributed by atoms with Gasteiger partial charge < -0.3 is 62.2 Å². The van der Waals surface area contributed by atoms with Crippen molar-refractivity contribution in [2.45, 2.75) is 139 Å². The lowest BCUT2D eigenvalue weighted by Gasteiger charge is -2.32. The number of ether oxygens (including phenoxy) is 1. The molecule has 4 aromatic carbocycles. The third-order valence-corrected chi connectivity index (χ3v) is 14.2. The highest BCUT2D eigenvalue weighted by Gasteiger charge is 2.46. The van der Waals surface area contributed by atoms with Crippen LogP contribution in [0, 0.1) is 0 Å². The van der Waals surface area contributed by atoms with Crippen LogP contribution in [0.15, 0.2) is 103 Å². The van der Waals surface area contributed by atoms with Gasteiger partial charge in [-0.1, -0.05) is 98.6 Å². The van der Waals surface area contributed by atoms with E-state index in [1.807, 2.05) is 78.9 Å². The van der Waals surface area contributed by atoms with Crippen LogP contribution in [-0.2, 0) is 35.2 Å². The zero-order valence-electron chi connectivity index (χ0n) is 43.4. The zero-order chi connectivity index (χ0) is 54.5. The maximum Gasteiger partial charge on any atom is 0.251 e. The molecule has 0 spiro atoms. The van der Waals surface area contributed by atoms with E-state index in [1.54, 1.807) is 24.3 Å². The number of carbonyl (C=O) groups excluding carboxylic acids is 7. The van der Waals surface area contributed by atoms with Crippen molar-refractivity contribution in [3.05, 3.63) is 114 Å². The summed E-state index contributed by atoms with van der Waals surface area (Å²) in [5, 5.41) is 46.3. The van der Waals surface area contributed by atoms with Crippen LogP contribution in [0.25, 0.3) is 22.3 Å². The molecule has 7 rings (SSSR count). The summed E-state index contributed by atoms with van der Waals surface area (Å²) < 4.78 is 5.86. The van der Waals surface area contributed by atoms with E-state index < -0.39 is 102 Å². The molecule has 3 aliphatic heterocycles. The number of aryl methyl sites for hydroxylation is 1. The highest BCUT2D eigenvalue weighted by Crippen LogP contribution is 2.28. The SMILES string of the molecule is CCCCCOc1ccc(-c2ccc(-c3ccc(C(=O)N[C@H]4CCCNC(=O)[C@@H]5C[C@H](N)CN5C(=O)[C@H]([C@@H](C)O)NC(=O)[C@H](CCc5ccccc5)NC(=O)[C@@H]5C[C@@H](O)CN5C(=O)[C@H]([C@@H](C)O)NC4=O)cc3)cc2)cc1. The third-order valence-electron chi connectivity index (χ3n) is 14.2. The Kier molecular flexibility index (Phi) is 19.7. The molecule has 0 aliphatic carbocycles. The number of nitrogens with two attached hydrogens (primary N) is 1. The molecule has 7 amide bonds. The number of nitrogens with zero attached hydrogens (tertiary/aromatic N) is 2. The monoisotopic (exact) mass is 1040 g/mol. The first-order valence-corrected chi connectivity index (χ1v) is 26.4. The van der Waals surface area contributed by atoms with E-state index in [-0.39, 0.29) is 63.7 Å². The Balaban J connectivity index is 1.11. The lowest BCUT2D eigenvalue weighted by molar-refractivity contribution is -0.145. The Bertz CT molecular complexity index is 2630. The van der Waals surface area contributed by atoms with E-state index in [0.29, 0.717) is 6.61 Å². The number of hydrogen-bond acceptors (Lipinski definition) is 12. The van der Waals surface area contributed by atoms with Crippen LogP contribution in [0.3, 0.4) is 0 Å². The maximum atomic E-state index is 14.4. The lowest BCUT2D eigenvalue weighted by atomic mass is 9.99. The van der Waals surface area contributed by atoms with Crippen LogP contribution < -0.4 is 37.1 Å². The number of nitrogens with one attached hydrogen (secondary N) is 5. The minimum absolute atomic E-state index is 0.00870. The minimum atomic E-state index is -1.66. The highest BCUT2D eigenvalue weighted by molar-refractivity contribution is 6.00. The molecule has 406 valence electrons. The Morgan fingerprint density at radius 2 is 1.25 bits per heavy atom. The molecule has 0 saturated carbocycles. The van der Waals surface area contributed by atoms with E-state index in [1.165, 1.54) is 18.7 Å². The number of unbranched alkanes of at least 4 members (excludes halogenated alkanes) is 2. The van der Waals surface area contributed by atoms with Crippen LogP contribution >= 0.6 is 0 Å². The number of aliphatic hydroxyl groups is 3. The van der Waals surface area contributed by atoms with Gasteiger partial charge in [0, 0.05) is 37.7 Å². The fourth-order valence-electron chi connectivity index (χ4n) is 9.90.